The molecule has 1 saturated heterocycles. The summed E-state index contributed by atoms with van der Waals surface area (Å²) in [5, 5.41) is 9.93. The van der Waals surface area contributed by atoms with Crippen molar-refractivity contribution < 1.29 is 8.42 Å². The zero-order chi connectivity index (χ0) is 15.9. The molecule has 7 heteroatoms. The third-order valence-corrected chi connectivity index (χ3v) is 6.18. The van der Waals surface area contributed by atoms with Crippen LogP contribution in [0, 0.1) is 0 Å². The van der Waals surface area contributed by atoms with E-state index in [4.69, 9.17) is 0 Å². The highest BCUT2D eigenvalue weighted by Crippen LogP contribution is 2.30. The molecular formula is C16H16N4O2S. The van der Waals surface area contributed by atoms with E-state index in [-0.39, 0.29) is 6.04 Å². The van der Waals surface area contributed by atoms with Crippen molar-refractivity contribution in [2.45, 2.75) is 17.4 Å². The fourth-order valence-electron chi connectivity index (χ4n) is 3.09. The summed E-state index contributed by atoms with van der Waals surface area (Å²) in [7, 11) is -3.52. The number of benzene rings is 2. The summed E-state index contributed by atoms with van der Waals surface area (Å²) >= 11 is 0. The van der Waals surface area contributed by atoms with Crippen LogP contribution in [0.3, 0.4) is 0 Å². The molecule has 2 aromatic carbocycles. The molecular weight excluding hydrogens is 312 g/mol. The van der Waals surface area contributed by atoms with Crippen molar-refractivity contribution in [3.8, 4) is 0 Å². The molecule has 0 radical (unpaired) electrons. The van der Waals surface area contributed by atoms with Crippen LogP contribution in [0.5, 0.6) is 0 Å². The first kappa shape index (κ1) is 14.3. The first-order valence-corrected chi connectivity index (χ1v) is 8.94. The highest BCUT2D eigenvalue weighted by Gasteiger charge is 2.34. The number of sulfonamides is 1. The van der Waals surface area contributed by atoms with Gasteiger partial charge in [0, 0.05) is 18.5 Å². The van der Waals surface area contributed by atoms with Gasteiger partial charge in [-0.3, -0.25) is 0 Å². The van der Waals surface area contributed by atoms with Crippen molar-refractivity contribution in [2.75, 3.05) is 13.1 Å². The number of rotatable bonds is 3. The van der Waals surface area contributed by atoms with E-state index in [1.165, 1.54) is 4.31 Å². The average Bonchev–Trinajstić information content (AvgIpc) is 3.25. The summed E-state index contributed by atoms with van der Waals surface area (Å²) < 4.78 is 27.6. The molecule has 1 atom stereocenters. The maximum Gasteiger partial charge on any atom is 0.243 e. The fourth-order valence-corrected chi connectivity index (χ4v) is 4.80. The monoisotopic (exact) mass is 328 g/mol. The predicted octanol–water partition coefficient (Wildman–Crippen LogP) is 2.07. The van der Waals surface area contributed by atoms with Gasteiger partial charge in [0.2, 0.25) is 10.0 Å². The molecule has 0 spiro atoms. The van der Waals surface area contributed by atoms with Crippen LogP contribution in [0.1, 0.15) is 12.5 Å². The Balaban J connectivity index is 1.70. The maximum absolute atomic E-state index is 13.0. The Hall–Kier alpha value is -2.25. The summed E-state index contributed by atoms with van der Waals surface area (Å²) in [5.41, 5.74) is 0. The molecule has 0 aliphatic carbocycles. The van der Waals surface area contributed by atoms with Crippen LogP contribution >= 0.6 is 0 Å². The molecule has 0 bridgehead atoms. The molecule has 3 aromatic rings. The number of nitrogens with zero attached hydrogens (tertiary/aromatic N) is 4. The summed E-state index contributed by atoms with van der Waals surface area (Å²) in [5.74, 6) is 0. The number of hydrogen-bond acceptors (Lipinski definition) is 4. The summed E-state index contributed by atoms with van der Waals surface area (Å²) in [6, 6.07) is 12.9. The summed E-state index contributed by atoms with van der Waals surface area (Å²) in [6.07, 6.45) is 3.95. The predicted molar refractivity (Wildman–Crippen MR) is 86.4 cm³/mol. The van der Waals surface area contributed by atoms with Crippen molar-refractivity contribution in [3.63, 3.8) is 0 Å². The average molecular weight is 328 g/mol. The van der Waals surface area contributed by atoms with E-state index < -0.39 is 10.0 Å². The second-order valence-corrected chi connectivity index (χ2v) is 7.54. The Morgan fingerprint density at radius 3 is 2.57 bits per heavy atom. The van der Waals surface area contributed by atoms with Crippen LogP contribution < -0.4 is 0 Å². The Labute approximate surface area is 134 Å². The van der Waals surface area contributed by atoms with Crippen molar-refractivity contribution in [2.24, 2.45) is 0 Å². The van der Waals surface area contributed by atoms with Gasteiger partial charge >= 0.3 is 0 Å². The number of hydrogen-bond donors (Lipinski definition) is 0. The number of aromatic nitrogens is 3. The zero-order valence-electron chi connectivity index (χ0n) is 12.4. The first-order chi connectivity index (χ1) is 11.2. The largest absolute Gasteiger partial charge is 0.243 e. The van der Waals surface area contributed by atoms with E-state index >= 15 is 0 Å². The van der Waals surface area contributed by atoms with E-state index in [1.807, 2.05) is 30.3 Å². The highest BCUT2D eigenvalue weighted by molar-refractivity contribution is 7.89. The quantitative estimate of drug-likeness (QED) is 0.738. The van der Waals surface area contributed by atoms with Gasteiger partial charge in [-0.15, -0.1) is 0 Å². The minimum atomic E-state index is -3.52. The minimum Gasteiger partial charge on any atom is -0.207 e. The van der Waals surface area contributed by atoms with Gasteiger partial charge in [-0.2, -0.15) is 19.3 Å². The molecule has 4 rings (SSSR count). The van der Waals surface area contributed by atoms with Gasteiger partial charge in [-0.1, -0.05) is 36.4 Å². The first-order valence-electron chi connectivity index (χ1n) is 7.50. The van der Waals surface area contributed by atoms with Gasteiger partial charge in [-0.05, 0) is 17.9 Å². The maximum atomic E-state index is 13.0. The van der Waals surface area contributed by atoms with Crippen LogP contribution in [-0.4, -0.2) is 40.8 Å². The Bertz CT molecular complexity index is 932. The SMILES string of the molecule is O=S(=O)(c1cccc2ccccc12)N1CC[C@H](n2nccn2)C1. The molecule has 23 heavy (non-hydrogen) atoms. The normalized spacial score (nSPS) is 19.4. The Morgan fingerprint density at radius 1 is 1.00 bits per heavy atom. The molecule has 6 nitrogen and oxygen atoms in total. The molecule has 1 aliphatic heterocycles. The topological polar surface area (TPSA) is 68.1 Å². The minimum absolute atomic E-state index is 0.00486. The highest BCUT2D eigenvalue weighted by atomic mass is 32.2. The lowest BCUT2D eigenvalue weighted by molar-refractivity contribution is 0.403. The van der Waals surface area contributed by atoms with Crippen LogP contribution in [0.2, 0.25) is 0 Å². The lowest BCUT2D eigenvalue weighted by Gasteiger charge is -2.17. The van der Waals surface area contributed by atoms with Gasteiger partial charge in [-0.25, -0.2) is 8.42 Å². The van der Waals surface area contributed by atoms with E-state index in [9.17, 15) is 8.42 Å². The van der Waals surface area contributed by atoms with Gasteiger partial charge < -0.3 is 0 Å². The molecule has 118 valence electrons. The van der Waals surface area contributed by atoms with Gasteiger partial charge in [0.05, 0.1) is 23.3 Å². The molecule has 1 aromatic heterocycles. The summed E-state index contributed by atoms with van der Waals surface area (Å²) in [6.45, 7) is 0.887. The standard InChI is InChI=1S/C16H16N4O2S/c21-23(22,16-7-3-5-13-4-1-2-6-15(13)16)19-11-8-14(12-19)20-17-9-10-18-20/h1-7,9-10,14H,8,11-12H2/t14-/m0/s1. The lowest BCUT2D eigenvalue weighted by Crippen LogP contribution is -2.29. The molecule has 0 amide bonds. The van der Waals surface area contributed by atoms with Crippen LogP contribution in [0.25, 0.3) is 10.8 Å². The fraction of sp³-hybridized carbons (Fsp3) is 0.250. The van der Waals surface area contributed by atoms with Gasteiger partial charge in [0.15, 0.2) is 0 Å². The molecule has 0 unspecified atom stereocenters. The second kappa shape index (κ2) is 5.43. The second-order valence-electron chi connectivity index (χ2n) is 5.63. The van der Waals surface area contributed by atoms with Crippen LogP contribution in [0.4, 0.5) is 0 Å². The zero-order valence-corrected chi connectivity index (χ0v) is 13.2. The lowest BCUT2D eigenvalue weighted by atomic mass is 10.1. The van der Waals surface area contributed by atoms with Crippen molar-refractivity contribution in [1.82, 2.24) is 19.3 Å². The smallest absolute Gasteiger partial charge is 0.207 e. The summed E-state index contributed by atoms with van der Waals surface area (Å²) in [4.78, 5) is 1.96. The van der Waals surface area contributed by atoms with Crippen molar-refractivity contribution in [3.05, 3.63) is 54.9 Å². The van der Waals surface area contributed by atoms with E-state index in [0.717, 1.165) is 17.2 Å². The van der Waals surface area contributed by atoms with E-state index in [0.29, 0.717) is 18.0 Å². The Morgan fingerprint density at radius 2 is 1.74 bits per heavy atom. The van der Waals surface area contributed by atoms with Crippen LogP contribution in [-0.2, 0) is 10.0 Å². The molecule has 1 fully saturated rings. The Kier molecular flexibility index (Phi) is 3.39. The van der Waals surface area contributed by atoms with Crippen molar-refractivity contribution >= 4 is 20.8 Å². The molecule has 0 N–H and O–H groups in total. The van der Waals surface area contributed by atoms with Crippen molar-refractivity contribution in [1.29, 1.82) is 0 Å². The van der Waals surface area contributed by atoms with E-state index in [1.54, 1.807) is 29.3 Å². The van der Waals surface area contributed by atoms with Gasteiger partial charge in [0.25, 0.3) is 0 Å². The number of fused-ring (bicyclic) bond motifs is 1. The third kappa shape index (κ3) is 2.42. The van der Waals surface area contributed by atoms with E-state index in [2.05, 4.69) is 10.2 Å². The van der Waals surface area contributed by atoms with Crippen LogP contribution in [0.15, 0.2) is 59.8 Å². The molecule has 1 aliphatic rings. The molecule has 2 heterocycles. The third-order valence-electron chi connectivity index (χ3n) is 4.26. The molecule has 0 saturated carbocycles. The van der Waals surface area contributed by atoms with Gasteiger partial charge in [0.1, 0.15) is 0 Å².